The van der Waals surface area contributed by atoms with Gasteiger partial charge in [-0.15, -0.1) is 21.5 Å². The molecule has 1 amide bonds. The van der Waals surface area contributed by atoms with E-state index in [-0.39, 0.29) is 11.7 Å². The van der Waals surface area contributed by atoms with Crippen molar-refractivity contribution in [3.8, 4) is 17.1 Å². The summed E-state index contributed by atoms with van der Waals surface area (Å²) in [6.45, 7) is 2.20. The van der Waals surface area contributed by atoms with E-state index in [0.717, 1.165) is 41.0 Å². The Hall–Kier alpha value is -2.85. The number of ether oxygens (including phenoxy) is 2. The molecule has 1 unspecified atom stereocenters. The van der Waals surface area contributed by atoms with Gasteiger partial charge in [0.05, 0.1) is 25.5 Å². The van der Waals surface area contributed by atoms with E-state index in [1.165, 1.54) is 30.2 Å². The van der Waals surface area contributed by atoms with Gasteiger partial charge in [-0.2, -0.15) is 0 Å². The highest BCUT2D eigenvalue weighted by molar-refractivity contribution is 7.99. The van der Waals surface area contributed by atoms with Crippen molar-refractivity contribution in [3.05, 3.63) is 40.3 Å². The second-order valence-electron chi connectivity index (χ2n) is 7.98. The molecule has 0 bridgehead atoms. The number of aromatic nitrogens is 3. The van der Waals surface area contributed by atoms with Crippen LogP contribution in [0.1, 0.15) is 34.1 Å². The number of amides is 1. The molecule has 0 aliphatic heterocycles. The van der Waals surface area contributed by atoms with E-state index in [1.807, 2.05) is 35.9 Å². The molecule has 2 heterocycles. The van der Waals surface area contributed by atoms with Crippen LogP contribution < -0.4 is 10.1 Å². The molecule has 10 heteroatoms. The average molecular weight is 487 g/mol. The molecule has 1 aromatic carbocycles. The van der Waals surface area contributed by atoms with Crippen molar-refractivity contribution < 1.29 is 19.1 Å². The van der Waals surface area contributed by atoms with Crippen molar-refractivity contribution in [2.24, 2.45) is 13.0 Å². The van der Waals surface area contributed by atoms with E-state index in [0.29, 0.717) is 27.5 Å². The van der Waals surface area contributed by atoms with Crippen molar-refractivity contribution >= 4 is 40.0 Å². The summed E-state index contributed by atoms with van der Waals surface area (Å²) in [5, 5.41) is 12.6. The summed E-state index contributed by atoms with van der Waals surface area (Å²) < 4.78 is 12.1. The van der Waals surface area contributed by atoms with E-state index >= 15 is 0 Å². The highest BCUT2D eigenvalue weighted by Gasteiger charge is 2.29. The first kappa shape index (κ1) is 23.3. The van der Waals surface area contributed by atoms with Gasteiger partial charge >= 0.3 is 5.97 Å². The molecule has 1 N–H and O–H groups in total. The molecular weight excluding hydrogens is 460 g/mol. The lowest BCUT2D eigenvalue weighted by molar-refractivity contribution is -0.113. The van der Waals surface area contributed by atoms with Crippen LogP contribution in [0.5, 0.6) is 5.75 Å². The molecule has 2 aromatic heterocycles. The first-order valence-electron chi connectivity index (χ1n) is 10.6. The molecule has 0 spiro atoms. The van der Waals surface area contributed by atoms with Gasteiger partial charge in [-0.3, -0.25) is 4.79 Å². The Morgan fingerprint density at radius 2 is 2.12 bits per heavy atom. The number of hydrogen-bond acceptors (Lipinski definition) is 8. The Morgan fingerprint density at radius 1 is 1.30 bits per heavy atom. The Bertz CT molecular complexity index is 1190. The zero-order chi connectivity index (χ0) is 23.5. The predicted molar refractivity (Wildman–Crippen MR) is 129 cm³/mol. The summed E-state index contributed by atoms with van der Waals surface area (Å²) in [7, 11) is 4.85. The Labute approximate surface area is 200 Å². The molecule has 1 aliphatic rings. The van der Waals surface area contributed by atoms with Crippen LogP contribution in [0.4, 0.5) is 5.00 Å². The summed E-state index contributed by atoms with van der Waals surface area (Å²) in [4.78, 5) is 26.3. The van der Waals surface area contributed by atoms with Crippen molar-refractivity contribution in [1.82, 2.24) is 14.8 Å². The maximum atomic E-state index is 12.7. The van der Waals surface area contributed by atoms with Gasteiger partial charge in [-0.1, -0.05) is 30.8 Å². The van der Waals surface area contributed by atoms with Gasteiger partial charge in [0.1, 0.15) is 10.8 Å². The van der Waals surface area contributed by atoms with Crippen LogP contribution in [-0.4, -0.2) is 46.6 Å². The van der Waals surface area contributed by atoms with Crippen molar-refractivity contribution in [1.29, 1.82) is 0 Å². The molecule has 33 heavy (non-hydrogen) atoms. The number of methoxy groups -OCH3 is 2. The molecule has 1 atom stereocenters. The highest BCUT2D eigenvalue weighted by Crippen LogP contribution is 2.40. The maximum Gasteiger partial charge on any atom is 0.341 e. The molecule has 8 nitrogen and oxygen atoms in total. The van der Waals surface area contributed by atoms with Gasteiger partial charge in [0.15, 0.2) is 11.0 Å². The Morgan fingerprint density at radius 3 is 2.88 bits per heavy atom. The maximum absolute atomic E-state index is 12.7. The fourth-order valence-corrected chi connectivity index (χ4v) is 6.03. The lowest BCUT2D eigenvalue weighted by Crippen LogP contribution is -2.17. The zero-order valence-corrected chi connectivity index (χ0v) is 20.6. The van der Waals surface area contributed by atoms with Gasteiger partial charge < -0.3 is 19.4 Å². The predicted octanol–water partition coefficient (Wildman–Crippen LogP) is 4.19. The van der Waals surface area contributed by atoms with Crippen LogP contribution in [0.2, 0.25) is 0 Å². The minimum absolute atomic E-state index is 0.143. The summed E-state index contributed by atoms with van der Waals surface area (Å²) in [6.07, 6.45) is 2.77. The topological polar surface area (TPSA) is 95.3 Å². The zero-order valence-electron chi connectivity index (χ0n) is 19.0. The van der Waals surface area contributed by atoms with Crippen LogP contribution in [-0.2, 0) is 29.4 Å². The summed E-state index contributed by atoms with van der Waals surface area (Å²) in [6, 6.07) is 7.58. The quantitative estimate of drug-likeness (QED) is 0.395. The Balaban J connectivity index is 1.46. The molecule has 1 aliphatic carbocycles. The van der Waals surface area contributed by atoms with Crippen LogP contribution in [0.25, 0.3) is 11.4 Å². The second kappa shape index (κ2) is 9.96. The third-order valence-electron chi connectivity index (χ3n) is 5.65. The molecule has 0 fully saturated rings. The highest BCUT2D eigenvalue weighted by atomic mass is 32.2. The van der Waals surface area contributed by atoms with Crippen LogP contribution >= 0.6 is 23.1 Å². The van der Waals surface area contributed by atoms with Gasteiger partial charge in [-0.05, 0) is 42.9 Å². The molecule has 4 rings (SSSR count). The van der Waals surface area contributed by atoms with E-state index in [1.54, 1.807) is 7.11 Å². The lowest BCUT2D eigenvalue weighted by Gasteiger charge is -2.18. The molecule has 0 radical (unpaired) electrons. The molecule has 3 aromatic rings. The Kier molecular flexibility index (Phi) is 7.04. The number of hydrogen-bond donors (Lipinski definition) is 1. The number of thiophene rings is 1. The van der Waals surface area contributed by atoms with E-state index in [4.69, 9.17) is 9.47 Å². The van der Waals surface area contributed by atoms with Crippen molar-refractivity contribution in [2.45, 2.75) is 31.3 Å². The number of thioether (sulfide) groups is 1. The standard InChI is InChI=1S/C23H26N4O4S2/c1-13-8-9-16-17(10-13)33-21(19(16)22(29)31-4)24-18(28)12-32-23-26-25-20(27(23)2)14-6-5-7-15(11-14)30-3/h5-7,11,13H,8-10,12H2,1-4H3,(H,24,28). The average Bonchev–Trinajstić information content (AvgIpc) is 3.36. The van der Waals surface area contributed by atoms with Gasteiger partial charge in [-0.25, -0.2) is 4.79 Å². The number of anilines is 1. The van der Waals surface area contributed by atoms with Crippen molar-refractivity contribution in [2.75, 3.05) is 25.3 Å². The fraction of sp³-hybridized carbons (Fsp3) is 0.391. The first-order chi connectivity index (χ1) is 15.9. The van der Waals surface area contributed by atoms with Crippen LogP contribution in [0, 0.1) is 5.92 Å². The monoisotopic (exact) mass is 486 g/mol. The minimum Gasteiger partial charge on any atom is -0.497 e. The van der Waals surface area contributed by atoms with Crippen molar-refractivity contribution in [3.63, 3.8) is 0 Å². The number of rotatable bonds is 7. The first-order valence-corrected chi connectivity index (χ1v) is 12.4. The van der Waals surface area contributed by atoms with E-state index in [2.05, 4.69) is 22.4 Å². The summed E-state index contributed by atoms with van der Waals surface area (Å²) in [5.74, 6) is 1.52. The number of nitrogens with zero attached hydrogens (tertiary/aromatic N) is 3. The number of carbonyl (C=O) groups is 2. The second-order valence-corrected chi connectivity index (χ2v) is 10.0. The SMILES string of the molecule is COC(=O)c1c(NC(=O)CSc2nnc(-c3cccc(OC)c3)n2C)sc2c1CCC(C)C2. The fourth-order valence-electron chi connectivity index (χ4n) is 3.90. The molecule has 174 valence electrons. The smallest absolute Gasteiger partial charge is 0.341 e. The summed E-state index contributed by atoms with van der Waals surface area (Å²) in [5.41, 5.74) is 2.40. The van der Waals surface area contributed by atoms with Gasteiger partial charge in [0.2, 0.25) is 5.91 Å². The largest absolute Gasteiger partial charge is 0.497 e. The van der Waals surface area contributed by atoms with Gasteiger partial charge in [0, 0.05) is 17.5 Å². The third kappa shape index (κ3) is 4.91. The molecule has 0 saturated carbocycles. The van der Waals surface area contributed by atoms with Crippen LogP contribution in [0.3, 0.4) is 0 Å². The van der Waals surface area contributed by atoms with E-state index < -0.39 is 5.97 Å². The van der Waals surface area contributed by atoms with Gasteiger partial charge in [0.25, 0.3) is 0 Å². The molecular formula is C23H26N4O4S2. The third-order valence-corrected chi connectivity index (χ3v) is 7.84. The number of nitrogens with one attached hydrogen (secondary N) is 1. The summed E-state index contributed by atoms with van der Waals surface area (Å²) >= 11 is 2.77. The number of carbonyl (C=O) groups excluding carboxylic acids is 2. The number of benzene rings is 1. The van der Waals surface area contributed by atoms with E-state index in [9.17, 15) is 9.59 Å². The minimum atomic E-state index is -0.402. The number of fused-ring (bicyclic) bond motifs is 1. The number of esters is 1. The molecule has 0 saturated heterocycles. The normalized spacial score (nSPS) is 15.1. The lowest BCUT2D eigenvalue weighted by atomic mass is 9.88. The van der Waals surface area contributed by atoms with Crippen LogP contribution in [0.15, 0.2) is 29.4 Å².